The summed E-state index contributed by atoms with van der Waals surface area (Å²) in [5, 5.41) is 0. The highest BCUT2D eigenvalue weighted by atomic mass is 19.1. The van der Waals surface area contributed by atoms with Gasteiger partial charge in [0.15, 0.2) is 0 Å². The second kappa shape index (κ2) is 12.7. The molecule has 4 heteroatoms. The molecule has 4 rings (SSSR count). The Balaban J connectivity index is 1.20. The summed E-state index contributed by atoms with van der Waals surface area (Å²) in [6, 6.07) is 25.9. The molecule has 34 heavy (non-hydrogen) atoms. The van der Waals surface area contributed by atoms with Gasteiger partial charge in [-0.15, -0.1) is 0 Å². The quantitative estimate of drug-likeness (QED) is 0.326. The number of rotatable bonds is 11. The zero-order valence-electron chi connectivity index (χ0n) is 19.8. The van der Waals surface area contributed by atoms with Gasteiger partial charge in [0.2, 0.25) is 0 Å². The molecular formula is C30H35F2NO. The molecule has 2 unspecified atom stereocenters. The fourth-order valence-corrected chi connectivity index (χ4v) is 4.63. The summed E-state index contributed by atoms with van der Waals surface area (Å²) in [6.45, 7) is 3.04. The zero-order chi connectivity index (χ0) is 23.6. The first-order chi connectivity index (χ1) is 16.7. The normalized spacial score (nSPS) is 15.8. The van der Waals surface area contributed by atoms with E-state index < -0.39 is 12.3 Å². The maximum Gasteiger partial charge on any atom is 0.119 e. The smallest absolute Gasteiger partial charge is 0.119 e. The summed E-state index contributed by atoms with van der Waals surface area (Å²) in [4.78, 5) is 2.37. The van der Waals surface area contributed by atoms with Crippen molar-refractivity contribution in [1.29, 1.82) is 0 Å². The summed E-state index contributed by atoms with van der Waals surface area (Å²) in [5.74, 6) is 0.811. The first kappa shape index (κ1) is 24.4. The topological polar surface area (TPSA) is 12.5 Å². The second-order valence-electron chi connectivity index (χ2n) is 9.27. The van der Waals surface area contributed by atoms with Gasteiger partial charge in [-0.05, 0) is 53.6 Å². The highest BCUT2D eigenvalue weighted by Gasteiger charge is 2.17. The van der Waals surface area contributed by atoms with E-state index in [1.54, 1.807) is 0 Å². The molecule has 0 fully saturated rings. The van der Waals surface area contributed by atoms with E-state index in [1.165, 1.54) is 11.1 Å². The van der Waals surface area contributed by atoms with Crippen molar-refractivity contribution in [2.75, 3.05) is 26.2 Å². The number of fused-ring (bicyclic) bond motifs is 1. The Bertz CT molecular complexity index is 995. The minimum Gasteiger partial charge on any atom is -0.493 e. The number of ether oxygens (including phenoxy) is 1. The Morgan fingerprint density at radius 3 is 1.94 bits per heavy atom. The molecular weight excluding hydrogens is 428 g/mol. The summed E-state index contributed by atoms with van der Waals surface area (Å²) in [6.07, 6.45) is 2.04. The average molecular weight is 464 g/mol. The molecule has 3 aromatic carbocycles. The fourth-order valence-electron chi connectivity index (χ4n) is 4.63. The van der Waals surface area contributed by atoms with Crippen molar-refractivity contribution in [3.05, 3.63) is 101 Å². The Labute approximate surface area is 202 Å². The van der Waals surface area contributed by atoms with E-state index in [0.717, 1.165) is 49.4 Å². The largest absolute Gasteiger partial charge is 0.493 e. The van der Waals surface area contributed by atoms with Gasteiger partial charge in [-0.1, -0.05) is 66.7 Å². The standard InChI is InChI=1S/C30H35F2NO/c31-28(21-24-7-3-1-4-8-24)15-19-33-17-13-26-11-12-30(23-27(26)14-18-33)34-20-16-29(32)22-25-9-5-2-6-10-25/h1-12,23,28-29H,13-22H2. The van der Waals surface area contributed by atoms with Crippen LogP contribution in [0.15, 0.2) is 78.9 Å². The minimum atomic E-state index is -0.905. The van der Waals surface area contributed by atoms with Gasteiger partial charge in [0.05, 0.1) is 6.61 Å². The van der Waals surface area contributed by atoms with Gasteiger partial charge >= 0.3 is 0 Å². The molecule has 2 nitrogen and oxygen atoms in total. The molecule has 180 valence electrons. The first-order valence-electron chi connectivity index (χ1n) is 12.5. The van der Waals surface area contributed by atoms with Crippen LogP contribution in [0.1, 0.15) is 35.1 Å². The molecule has 0 aliphatic carbocycles. The maximum absolute atomic E-state index is 14.5. The van der Waals surface area contributed by atoms with E-state index in [9.17, 15) is 8.78 Å². The van der Waals surface area contributed by atoms with Gasteiger partial charge in [-0.3, -0.25) is 0 Å². The SMILES string of the molecule is FC(CCOc1ccc2c(c1)CCN(CCC(F)Cc1ccccc1)CC2)Cc1ccccc1. The lowest BCUT2D eigenvalue weighted by atomic mass is 10.0. The molecule has 0 saturated heterocycles. The van der Waals surface area contributed by atoms with Crippen molar-refractivity contribution < 1.29 is 13.5 Å². The predicted molar refractivity (Wildman–Crippen MR) is 135 cm³/mol. The van der Waals surface area contributed by atoms with E-state index >= 15 is 0 Å². The van der Waals surface area contributed by atoms with Crippen molar-refractivity contribution in [2.45, 2.75) is 50.9 Å². The first-order valence-corrected chi connectivity index (χ1v) is 12.5. The lowest BCUT2D eigenvalue weighted by molar-refractivity contribution is 0.229. The van der Waals surface area contributed by atoms with Crippen LogP contribution in [0.3, 0.4) is 0 Å². The van der Waals surface area contributed by atoms with Gasteiger partial charge in [-0.2, -0.15) is 0 Å². The van der Waals surface area contributed by atoms with E-state index in [-0.39, 0.29) is 0 Å². The summed E-state index contributed by atoms with van der Waals surface area (Å²) in [5.41, 5.74) is 4.71. The highest BCUT2D eigenvalue weighted by Crippen LogP contribution is 2.23. The molecule has 0 bridgehead atoms. The summed E-state index contributed by atoms with van der Waals surface area (Å²) in [7, 11) is 0. The lowest BCUT2D eigenvalue weighted by Crippen LogP contribution is -2.29. The predicted octanol–water partition coefficient (Wildman–Crippen LogP) is 6.41. The zero-order valence-corrected chi connectivity index (χ0v) is 19.8. The van der Waals surface area contributed by atoms with Crippen molar-refractivity contribution >= 4 is 0 Å². The Morgan fingerprint density at radius 1 is 0.706 bits per heavy atom. The molecule has 0 radical (unpaired) electrons. The Hall–Kier alpha value is -2.72. The Morgan fingerprint density at radius 2 is 1.29 bits per heavy atom. The molecule has 1 aliphatic heterocycles. The third-order valence-electron chi connectivity index (χ3n) is 6.63. The molecule has 0 spiro atoms. The van der Waals surface area contributed by atoms with Gasteiger partial charge < -0.3 is 9.64 Å². The van der Waals surface area contributed by atoms with Crippen LogP contribution in [0, 0.1) is 0 Å². The Kier molecular flexibility index (Phi) is 9.09. The molecule has 0 N–H and O–H groups in total. The average Bonchev–Trinajstić information content (AvgIpc) is 3.06. The summed E-state index contributed by atoms with van der Waals surface area (Å²) < 4.78 is 34.7. The number of hydrogen-bond acceptors (Lipinski definition) is 2. The second-order valence-corrected chi connectivity index (χ2v) is 9.27. The van der Waals surface area contributed by atoms with Crippen molar-refractivity contribution in [3.63, 3.8) is 0 Å². The lowest BCUT2D eigenvalue weighted by Gasteiger charge is -2.20. The van der Waals surface area contributed by atoms with Gasteiger partial charge in [-0.25, -0.2) is 8.78 Å². The third kappa shape index (κ3) is 7.66. The van der Waals surface area contributed by atoms with Crippen LogP contribution in [-0.4, -0.2) is 43.5 Å². The van der Waals surface area contributed by atoms with Crippen LogP contribution < -0.4 is 4.74 Å². The molecule has 0 saturated carbocycles. The number of benzene rings is 3. The minimum absolute atomic E-state index is 0.373. The van der Waals surface area contributed by atoms with E-state index in [4.69, 9.17) is 4.74 Å². The number of halogens is 2. The van der Waals surface area contributed by atoms with Crippen molar-refractivity contribution in [2.24, 2.45) is 0 Å². The van der Waals surface area contributed by atoms with Crippen LogP contribution >= 0.6 is 0 Å². The molecule has 0 aromatic heterocycles. The fraction of sp³-hybridized carbons (Fsp3) is 0.400. The highest BCUT2D eigenvalue weighted by molar-refractivity contribution is 5.37. The van der Waals surface area contributed by atoms with Crippen LogP contribution in [0.5, 0.6) is 5.75 Å². The molecule has 2 atom stereocenters. The van der Waals surface area contributed by atoms with E-state index in [2.05, 4.69) is 17.0 Å². The summed E-state index contributed by atoms with van der Waals surface area (Å²) >= 11 is 0. The molecule has 1 aliphatic rings. The van der Waals surface area contributed by atoms with Crippen LogP contribution in [-0.2, 0) is 25.7 Å². The van der Waals surface area contributed by atoms with Crippen LogP contribution in [0.4, 0.5) is 8.78 Å². The van der Waals surface area contributed by atoms with Crippen LogP contribution in [0.2, 0.25) is 0 Å². The monoisotopic (exact) mass is 463 g/mol. The third-order valence-corrected chi connectivity index (χ3v) is 6.63. The van der Waals surface area contributed by atoms with Crippen LogP contribution in [0.25, 0.3) is 0 Å². The number of nitrogens with zero attached hydrogens (tertiary/aromatic N) is 1. The molecule has 0 amide bonds. The van der Waals surface area contributed by atoms with Gasteiger partial charge in [0, 0.05) is 38.9 Å². The van der Waals surface area contributed by atoms with E-state index in [0.29, 0.717) is 32.3 Å². The maximum atomic E-state index is 14.5. The molecule has 1 heterocycles. The molecule has 3 aromatic rings. The number of hydrogen-bond donors (Lipinski definition) is 0. The van der Waals surface area contributed by atoms with Crippen molar-refractivity contribution in [1.82, 2.24) is 4.90 Å². The van der Waals surface area contributed by atoms with Gasteiger partial charge in [0.25, 0.3) is 0 Å². The van der Waals surface area contributed by atoms with Gasteiger partial charge in [0.1, 0.15) is 18.1 Å². The van der Waals surface area contributed by atoms with E-state index in [1.807, 2.05) is 66.7 Å². The van der Waals surface area contributed by atoms with Crippen molar-refractivity contribution in [3.8, 4) is 5.75 Å². The number of alkyl halides is 2.